The maximum absolute atomic E-state index is 2.50. The van der Waals surface area contributed by atoms with Gasteiger partial charge in [0.1, 0.15) is 0 Å². The van der Waals surface area contributed by atoms with Gasteiger partial charge in [-0.1, -0.05) is 119 Å². The maximum Gasteiger partial charge on any atom is 0.176 e. The van der Waals surface area contributed by atoms with Gasteiger partial charge in [0, 0.05) is 0 Å². The van der Waals surface area contributed by atoms with Gasteiger partial charge < -0.3 is 0 Å². The van der Waals surface area contributed by atoms with E-state index in [9.17, 15) is 0 Å². The first-order valence-corrected chi connectivity index (χ1v) is 14.8. The topological polar surface area (TPSA) is 0 Å². The van der Waals surface area contributed by atoms with E-state index in [2.05, 4.69) is 122 Å². The molecule has 0 fully saturated rings. The SMILES string of the molecule is CCC(C)C1=C([Si](c2cc(C)cc(C)c2)(c2cc(C)cc(C)c2)c2cc(C)cc(C)c2)CC=C1. The minimum Gasteiger partial charge on any atom is -0.0805 e. The molecule has 0 saturated heterocycles. The van der Waals surface area contributed by atoms with E-state index in [4.69, 9.17) is 0 Å². The standard InChI is InChI=1S/C33H40Si/c1-9-28(8)32-11-10-12-33(32)34(29-16-22(2)13-23(3)17-29,30-18-24(4)14-25(5)19-30)31-20-26(6)15-27(7)21-31/h10-11,13-21,28H,9,12H2,1-8H3. The van der Waals surface area contributed by atoms with Crippen LogP contribution in [0.4, 0.5) is 0 Å². The maximum atomic E-state index is 2.49. The van der Waals surface area contributed by atoms with E-state index in [1.807, 2.05) is 0 Å². The summed E-state index contributed by atoms with van der Waals surface area (Å²) in [4.78, 5) is 0. The molecule has 0 nitrogen and oxygen atoms in total. The lowest BCUT2D eigenvalue weighted by atomic mass is 10.00. The average Bonchev–Trinajstić information content (AvgIpc) is 3.22. The van der Waals surface area contributed by atoms with Crippen molar-refractivity contribution in [1.82, 2.24) is 0 Å². The third-order valence-electron chi connectivity index (χ3n) is 7.53. The van der Waals surface area contributed by atoms with E-state index in [0.29, 0.717) is 5.92 Å². The fourth-order valence-electron chi connectivity index (χ4n) is 6.17. The molecule has 0 radical (unpaired) electrons. The van der Waals surface area contributed by atoms with Crippen LogP contribution < -0.4 is 15.6 Å². The highest BCUT2D eigenvalue weighted by molar-refractivity contribution is 7.16. The van der Waals surface area contributed by atoms with Gasteiger partial charge in [0.15, 0.2) is 8.07 Å². The molecule has 0 aromatic heterocycles. The summed E-state index contributed by atoms with van der Waals surface area (Å²) in [5.41, 5.74) is 9.73. The molecular weight excluding hydrogens is 424 g/mol. The Morgan fingerprint density at radius 2 is 0.971 bits per heavy atom. The second kappa shape index (κ2) is 9.54. The molecule has 0 heterocycles. The third kappa shape index (κ3) is 4.39. The summed E-state index contributed by atoms with van der Waals surface area (Å²) in [6.07, 6.45) is 7.09. The smallest absolute Gasteiger partial charge is 0.0805 e. The lowest BCUT2D eigenvalue weighted by molar-refractivity contribution is 0.669. The van der Waals surface area contributed by atoms with Gasteiger partial charge in [0.05, 0.1) is 0 Å². The number of allylic oxidation sites excluding steroid dienone is 4. The van der Waals surface area contributed by atoms with Crippen molar-refractivity contribution in [3.63, 3.8) is 0 Å². The largest absolute Gasteiger partial charge is 0.176 e. The van der Waals surface area contributed by atoms with Crippen molar-refractivity contribution in [3.05, 3.63) is 111 Å². The first-order chi connectivity index (χ1) is 16.1. The fourth-order valence-corrected chi connectivity index (χ4v) is 12.1. The zero-order chi connectivity index (χ0) is 24.6. The highest BCUT2D eigenvalue weighted by atomic mass is 28.3. The Labute approximate surface area is 208 Å². The summed E-state index contributed by atoms with van der Waals surface area (Å²) in [5.74, 6) is 0.559. The number of hydrogen-bond donors (Lipinski definition) is 0. The Morgan fingerprint density at radius 1 is 0.618 bits per heavy atom. The first-order valence-electron chi connectivity index (χ1n) is 12.8. The summed E-state index contributed by atoms with van der Waals surface area (Å²) in [7, 11) is -2.50. The zero-order valence-corrected chi connectivity index (χ0v) is 23.3. The Kier molecular flexibility index (Phi) is 6.87. The first kappa shape index (κ1) is 24.5. The quantitative estimate of drug-likeness (QED) is 0.276. The Balaban J connectivity index is 2.25. The lowest BCUT2D eigenvalue weighted by Gasteiger charge is -2.38. The third-order valence-corrected chi connectivity index (χ3v) is 12.4. The molecule has 3 aromatic rings. The van der Waals surface area contributed by atoms with Crippen LogP contribution in [0.3, 0.4) is 0 Å². The van der Waals surface area contributed by atoms with Gasteiger partial charge in [-0.2, -0.15) is 0 Å². The molecule has 176 valence electrons. The van der Waals surface area contributed by atoms with Crippen LogP contribution >= 0.6 is 0 Å². The van der Waals surface area contributed by atoms with E-state index >= 15 is 0 Å². The fraction of sp³-hybridized carbons (Fsp3) is 0.333. The van der Waals surface area contributed by atoms with Crippen molar-refractivity contribution in [1.29, 1.82) is 0 Å². The molecule has 0 bridgehead atoms. The lowest BCUT2D eigenvalue weighted by Crippen LogP contribution is -2.69. The van der Waals surface area contributed by atoms with Crippen LogP contribution in [0.1, 0.15) is 60.1 Å². The molecule has 1 unspecified atom stereocenters. The second-order valence-electron chi connectivity index (χ2n) is 10.7. The normalized spacial score (nSPS) is 14.7. The summed E-state index contributed by atoms with van der Waals surface area (Å²) in [6.45, 7) is 18.3. The van der Waals surface area contributed by atoms with Gasteiger partial charge >= 0.3 is 0 Å². The van der Waals surface area contributed by atoms with E-state index in [0.717, 1.165) is 6.42 Å². The van der Waals surface area contributed by atoms with Crippen molar-refractivity contribution in [2.45, 2.75) is 68.2 Å². The molecule has 1 atom stereocenters. The highest BCUT2D eigenvalue weighted by Crippen LogP contribution is 2.34. The number of hydrogen-bond acceptors (Lipinski definition) is 0. The van der Waals surface area contributed by atoms with E-state index in [1.165, 1.54) is 55.4 Å². The second-order valence-corrected chi connectivity index (χ2v) is 14.6. The van der Waals surface area contributed by atoms with E-state index in [1.54, 1.807) is 10.8 Å². The molecule has 0 aliphatic heterocycles. The van der Waals surface area contributed by atoms with E-state index < -0.39 is 8.07 Å². The molecule has 0 N–H and O–H groups in total. The van der Waals surface area contributed by atoms with Crippen molar-refractivity contribution in [3.8, 4) is 0 Å². The molecule has 0 spiro atoms. The van der Waals surface area contributed by atoms with Crippen molar-refractivity contribution in [2.75, 3.05) is 0 Å². The van der Waals surface area contributed by atoms with Crippen molar-refractivity contribution in [2.24, 2.45) is 5.92 Å². The number of aryl methyl sites for hydroxylation is 6. The van der Waals surface area contributed by atoms with Crippen LogP contribution in [0.2, 0.25) is 0 Å². The predicted octanol–water partition coefficient (Wildman–Crippen LogP) is 6.85. The monoisotopic (exact) mass is 464 g/mol. The summed E-state index contributed by atoms with van der Waals surface area (Å²) >= 11 is 0. The van der Waals surface area contributed by atoms with E-state index in [-0.39, 0.29) is 0 Å². The Morgan fingerprint density at radius 3 is 1.29 bits per heavy atom. The molecular formula is C33H40Si. The van der Waals surface area contributed by atoms with Crippen LogP contribution in [0, 0.1) is 47.5 Å². The van der Waals surface area contributed by atoms with Gasteiger partial charge in [-0.25, -0.2) is 0 Å². The van der Waals surface area contributed by atoms with Crippen LogP contribution in [-0.4, -0.2) is 8.07 Å². The Bertz CT molecular complexity index is 1100. The van der Waals surface area contributed by atoms with Crippen molar-refractivity contribution >= 4 is 23.6 Å². The van der Waals surface area contributed by atoms with Gasteiger partial charge in [-0.05, 0) is 81.4 Å². The minimum absolute atomic E-state index is 0.559. The molecule has 0 saturated carbocycles. The summed E-state index contributed by atoms with van der Waals surface area (Å²) in [6, 6.07) is 21.9. The molecule has 3 aromatic carbocycles. The molecule has 4 rings (SSSR count). The molecule has 1 aliphatic rings. The average molecular weight is 465 g/mol. The van der Waals surface area contributed by atoms with Crippen LogP contribution in [0.5, 0.6) is 0 Å². The molecule has 1 heteroatoms. The number of benzene rings is 3. The van der Waals surface area contributed by atoms with Crippen LogP contribution in [-0.2, 0) is 0 Å². The van der Waals surface area contributed by atoms with Gasteiger partial charge in [0.2, 0.25) is 0 Å². The zero-order valence-electron chi connectivity index (χ0n) is 22.3. The number of rotatable bonds is 6. The van der Waals surface area contributed by atoms with Crippen LogP contribution in [0.25, 0.3) is 0 Å². The highest BCUT2D eigenvalue weighted by Gasteiger charge is 2.45. The van der Waals surface area contributed by atoms with Crippen molar-refractivity contribution < 1.29 is 0 Å². The molecule has 34 heavy (non-hydrogen) atoms. The van der Waals surface area contributed by atoms with Crippen LogP contribution in [0.15, 0.2) is 77.5 Å². The summed E-state index contributed by atoms with van der Waals surface area (Å²) < 4.78 is 0. The minimum atomic E-state index is -2.50. The van der Waals surface area contributed by atoms with Gasteiger partial charge in [-0.15, -0.1) is 0 Å². The van der Waals surface area contributed by atoms with Gasteiger partial charge in [0.25, 0.3) is 0 Å². The Hall–Kier alpha value is -2.64. The molecule has 1 aliphatic carbocycles. The summed E-state index contributed by atoms with van der Waals surface area (Å²) in [5, 5.41) is 6.26. The van der Waals surface area contributed by atoms with Gasteiger partial charge in [-0.3, -0.25) is 0 Å². The predicted molar refractivity (Wildman–Crippen MR) is 153 cm³/mol. The molecule has 0 amide bonds.